The van der Waals surface area contributed by atoms with Gasteiger partial charge in [-0.3, -0.25) is 4.79 Å². The van der Waals surface area contributed by atoms with E-state index in [1.54, 1.807) is 7.11 Å². The molecule has 1 heterocycles. The summed E-state index contributed by atoms with van der Waals surface area (Å²) in [6.45, 7) is 0.793. The van der Waals surface area contributed by atoms with Crippen LogP contribution in [0.15, 0.2) is 24.4 Å². The number of aromatic nitrogens is 1. The maximum absolute atomic E-state index is 12.2. The van der Waals surface area contributed by atoms with Crippen LogP contribution in [-0.2, 0) is 11.2 Å². The molecule has 3 rings (SSSR count). The first-order valence-electron chi connectivity index (χ1n) is 9.17. The lowest BCUT2D eigenvalue weighted by Crippen LogP contribution is -2.26. The lowest BCUT2D eigenvalue weighted by atomic mass is 9.86. The fourth-order valence-corrected chi connectivity index (χ4v) is 3.76. The molecular weight excluding hydrogens is 300 g/mol. The van der Waals surface area contributed by atoms with Crippen molar-refractivity contribution >= 4 is 16.8 Å². The topological polar surface area (TPSA) is 54.1 Å². The Morgan fingerprint density at radius 3 is 2.92 bits per heavy atom. The lowest BCUT2D eigenvalue weighted by molar-refractivity contribution is -0.120. The molecule has 0 saturated heterocycles. The molecule has 130 valence electrons. The molecule has 1 amide bonds. The van der Waals surface area contributed by atoms with Gasteiger partial charge in [-0.2, -0.15) is 0 Å². The highest BCUT2D eigenvalue weighted by Crippen LogP contribution is 2.27. The monoisotopic (exact) mass is 328 g/mol. The predicted octanol–water partition coefficient (Wildman–Crippen LogP) is 4.20. The maximum atomic E-state index is 12.2. The quantitative estimate of drug-likeness (QED) is 0.749. The minimum atomic E-state index is 0.0994. The minimum absolute atomic E-state index is 0.0994. The molecule has 0 radical (unpaired) electrons. The van der Waals surface area contributed by atoms with Crippen LogP contribution in [-0.4, -0.2) is 24.5 Å². The van der Waals surface area contributed by atoms with Gasteiger partial charge in [-0.25, -0.2) is 0 Å². The van der Waals surface area contributed by atoms with Crippen molar-refractivity contribution in [1.29, 1.82) is 0 Å². The van der Waals surface area contributed by atoms with Gasteiger partial charge in [-0.1, -0.05) is 32.1 Å². The van der Waals surface area contributed by atoms with E-state index in [9.17, 15) is 4.79 Å². The lowest BCUT2D eigenvalue weighted by Gasteiger charge is -2.21. The van der Waals surface area contributed by atoms with Crippen LogP contribution in [0.3, 0.4) is 0 Å². The van der Waals surface area contributed by atoms with E-state index in [4.69, 9.17) is 4.74 Å². The van der Waals surface area contributed by atoms with Gasteiger partial charge in [0, 0.05) is 23.6 Å². The summed E-state index contributed by atoms with van der Waals surface area (Å²) < 4.78 is 5.27. The van der Waals surface area contributed by atoms with E-state index >= 15 is 0 Å². The first-order chi connectivity index (χ1) is 11.8. The standard InChI is InChI=1S/C20H28N2O2/c1-24-17-9-10-19-18(13-17)16(14-22-19)12-20(23)21-11-5-8-15-6-3-2-4-7-15/h9-10,13-15,22H,2-8,11-12H2,1H3,(H,21,23). The number of benzene rings is 1. The smallest absolute Gasteiger partial charge is 0.224 e. The Labute approximate surface area is 144 Å². The van der Waals surface area contributed by atoms with E-state index in [-0.39, 0.29) is 5.91 Å². The average Bonchev–Trinajstić information content (AvgIpc) is 3.01. The van der Waals surface area contributed by atoms with Crippen LogP contribution in [0.25, 0.3) is 10.9 Å². The van der Waals surface area contributed by atoms with Crippen molar-refractivity contribution in [1.82, 2.24) is 10.3 Å². The van der Waals surface area contributed by atoms with Gasteiger partial charge >= 0.3 is 0 Å². The summed E-state index contributed by atoms with van der Waals surface area (Å²) in [5.41, 5.74) is 2.06. The number of nitrogens with one attached hydrogen (secondary N) is 2. The van der Waals surface area contributed by atoms with E-state index in [0.29, 0.717) is 6.42 Å². The highest BCUT2D eigenvalue weighted by atomic mass is 16.5. The molecule has 4 nitrogen and oxygen atoms in total. The minimum Gasteiger partial charge on any atom is -0.497 e. The first kappa shape index (κ1) is 16.9. The highest BCUT2D eigenvalue weighted by molar-refractivity contribution is 5.89. The summed E-state index contributed by atoms with van der Waals surface area (Å²) in [5, 5.41) is 4.13. The molecule has 24 heavy (non-hydrogen) atoms. The van der Waals surface area contributed by atoms with E-state index in [1.165, 1.54) is 38.5 Å². The van der Waals surface area contributed by atoms with Crippen molar-refractivity contribution in [3.05, 3.63) is 30.0 Å². The number of H-pyrrole nitrogens is 1. The summed E-state index contributed by atoms with van der Waals surface area (Å²) in [4.78, 5) is 15.4. The van der Waals surface area contributed by atoms with Crippen molar-refractivity contribution in [2.24, 2.45) is 5.92 Å². The molecule has 4 heteroatoms. The number of fused-ring (bicyclic) bond motifs is 1. The van der Waals surface area contributed by atoms with Gasteiger partial charge in [0.25, 0.3) is 0 Å². The zero-order valence-corrected chi connectivity index (χ0v) is 14.6. The molecule has 2 aromatic rings. The summed E-state index contributed by atoms with van der Waals surface area (Å²) >= 11 is 0. The Bertz CT molecular complexity index is 671. The van der Waals surface area contributed by atoms with Crippen molar-refractivity contribution < 1.29 is 9.53 Å². The molecule has 2 N–H and O–H groups in total. The van der Waals surface area contributed by atoms with Gasteiger partial charge < -0.3 is 15.0 Å². The van der Waals surface area contributed by atoms with Gasteiger partial charge in [0.15, 0.2) is 0 Å². The van der Waals surface area contributed by atoms with Gasteiger partial charge in [0.2, 0.25) is 5.91 Å². The van der Waals surface area contributed by atoms with E-state index in [2.05, 4.69) is 10.3 Å². The molecule has 1 aliphatic carbocycles. The van der Waals surface area contributed by atoms with Gasteiger partial charge in [-0.05, 0) is 42.5 Å². The van der Waals surface area contributed by atoms with Crippen LogP contribution in [0, 0.1) is 5.92 Å². The van der Waals surface area contributed by atoms with Gasteiger partial charge in [0.05, 0.1) is 13.5 Å². The van der Waals surface area contributed by atoms with Crippen LogP contribution >= 0.6 is 0 Å². The van der Waals surface area contributed by atoms with Crippen LogP contribution < -0.4 is 10.1 Å². The Kier molecular flexibility index (Phi) is 5.78. The van der Waals surface area contributed by atoms with Crippen molar-refractivity contribution in [2.75, 3.05) is 13.7 Å². The largest absolute Gasteiger partial charge is 0.497 e. The number of carbonyl (C=O) groups is 1. The summed E-state index contributed by atoms with van der Waals surface area (Å²) in [7, 11) is 1.66. The van der Waals surface area contributed by atoms with E-state index in [1.807, 2.05) is 24.4 Å². The van der Waals surface area contributed by atoms with Crippen molar-refractivity contribution in [3.8, 4) is 5.75 Å². The van der Waals surface area contributed by atoms with E-state index < -0.39 is 0 Å². The Morgan fingerprint density at radius 1 is 1.29 bits per heavy atom. The molecule has 1 fully saturated rings. The number of methoxy groups -OCH3 is 1. The molecule has 0 unspecified atom stereocenters. The second-order valence-electron chi connectivity index (χ2n) is 6.90. The van der Waals surface area contributed by atoms with Gasteiger partial charge in [-0.15, -0.1) is 0 Å². The third-order valence-electron chi connectivity index (χ3n) is 5.16. The Hall–Kier alpha value is -1.97. The molecule has 0 spiro atoms. The van der Waals surface area contributed by atoms with E-state index in [0.717, 1.165) is 41.1 Å². The average molecular weight is 328 g/mol. The third-order valence-corrected chi connectivity index (χ3v) is 5.16. The molecule has 1 aromatic carbocycles. The summed E-state index contributed by atoms with van der Waals surface area (Å²) in [6.07, 6.45) is 11.6. The van der Waals surface area contributed by atoms with Gasteiger partial charge in [0.1, 0.15) is 5.75 Å². The molecule has 1 aromatic heterocycles. The number of carbonyl (C=O) groups excluding carboxylic acids is 1. The summed E-state index contributed by atoms with van der Waals surface area (Å²) in [6, 6.07) is 5.89. The number of rotatable bonds is 7. The number of amides is 1. The van der Waals surface area contributed by atoms with Crippen LogP contribution in [0.1, 0.15) is 50.5 Å². The zero-order chi connectivity index (χ0) is 16.8. The molecule has 0 atom stereocenters. The number of hydrogen-bond acceptors (Lipinski definition) is 2. The number of ether oxygens (including phenoxy) is 1. The molecule has 1 aliphatic rings. The SMILES string of the molecule is COc1ccc2[nH]cc(CC(=O)NCCCC3CCCCC3)c2c1. The Balaban J connectivity index is 1.46. The van der Waals surface area contributed by atoms with Crippen LogP contribution in [0.5, 0.6) is 5.75 Å². The number of hydrogen-bond donors (Lipinski definition) is 2. The summed E-state index contributed by atoms with van der Waals surface area (Å²) in [5.74, 6) is 1.80. The first-order valence-corrected chi connectivity index (χ1v) is 9.17. The predicted molar refractivity (Wildman–Crippen MR) is 97.4 cm³/mol. The fourth-order valence-electron chi connectivity index (χ4n) is 3.76. The fraction of sp³-hybridized carbons (Fsp3) is 0.550. The molecular formula is C20H28N2O2. The van der Waals surface area contributed by atoms with Crippen LogP contribution in [0.4, 0.5) is 0 Å². The maximum Gasteiger partial charge on any atom is 0.224 e. The molecule has 1 saturated carbocycles. The van der Waals surface area contributed by atoms with Crippen molar-refractivity contribution in [2.45, 2.75) is 51.4 Å². The van der Waals surface area contributed by atoms with Crippen LogP contribution in [0.2, 0.25) is 0 Å². The molecule has 0 aliphatic heterocycles. The Morgan fingerprint density at radius 2 is 2.12 bits per heavy atom. The third kappa shape index (κ3) is 4.31. The second-order valence-corrected chi connectivity index (χ2v) is 6.90. The molecule has 0 bridgehead atoms. The van der Waals surface area contributed by atoms with Crippen molar-refractivity contribution in [3.63, 3.8) is 0 Å². The number of aromatic amines is 1. The normalized spacial score (nSPS) is 15.5. The highest BCUT2D eigenvalue weighted by Gasteiger charge is 2.13. The second kappa shape index (κ2) is 8.22. The zero-order valence-electron chi connectivity index (χ0n) is 14.6.